The van der Waals surface area contributed by atoms with Crippen molar-refractivity contribution in [1.82, 2.24) is 0 Å². The molecule has 0 aromatic rings. The molecule has 0 aliphatic rings. The van der Waals surface area contributed by atoms with E-state index in [4.69, 9.17) is 9.79 Å². The summed E-state index contributed by atoms with van der Waals surface area (Å²) in [4.78, 5) is 16.6. The van der Waals surface area contributed by atoms with Crippen molar-refractivity contribution in [1.29, 1.82) is 0 Å². The van der Waals surface area contributed by atoms with Crippen LogP contribution in [-0.4, -0.2) is 14.1 Å². The minimum absolute atomic E-state index is 0.296. The molecule has 0 radical (unpaired) electrons. The van der Waals surface area contributed by atoms with Crippen molar-refractivity contribution in [2.45, 2.75) is 17.6 Å². The Balaban J connectivity index is 4.02. The lowest BCUT2D eigenvalue weighted by Crippen LogP contribution is -2.14. The summed E-state index contributed by atoms with van der Waals surface area (Å²) in [6.45, 7) is 1.65. The van der Waals surface area contributed by atoms with Crippen molar-refractivity contribution >= 4 is 33.1 Å². The van der Waals surface area contributed by atoms with Gasteiger partial charge in [-0.25, -0.2) is 4.57 Å². The lowest BCUT2D eigenvalue weighted by atomic mass is 10.5. The first-order chi connectivity index (χ1) is 4.27. The van der Waals surface area contributed by atoms with Crippen molar-refractivity contribution < 1.29 is 18.9 Å². The van der Waals surface area contributed by atoms with Crippen LogP contribution in [0.4, 0.5) is 0 Å². The fourth-order valence-corrected chi connectivity index (χ4v) is 1.40. The largest absolute Gasteiger partial charge is 0.471 e. The molecular weight excluding hydrogens is 195 g/mol. The van der Waals surface area contributed by atoms with Crippen molar-refractivity contribution in [3.8, 4) is 0 Å². The number of rotatable bonds is 3. The van der Waals surface area contributed by atoms with Gasteiger partial charge in [-0.2, -0.15) is 0 Å². The molecule has 0 fully saturated rings. The normalized spacial score (nSPS) is 13.7. The highest BCUT2D eigenvalue weighted by Gasteiger charge is 2.28. The summed E-state index contributed by atoms with van der Waals surface area (Å²) in [5, 5.41) is 0. The minimum atomic E-state index is -4.46. The summed E-state index contributed by atoms with van der Waals surface area (Å²) in [6.07, 6.45) is 0.296. The predicted molar refractivity (Wildman–Crippen MR) is 44.1 cm³/mol. The lowest BCUT2D eigenvalue weighted by molar-refractivity contribution is 0.165. The third kappa shape index (κ3) is 5.58. The Labute approximate surface area is 70.0 Å². The molecule has 0 rings (SSSR count). The monoisotopic (exact) mass is 204 g/mol. The van der Waals surface area contributed by atoms with Gasteiger partial charge < -0.3 is 9.79 Å². The van der Waals surface area contributed by atoms with E-state index >= 15 is 0 Å². The average molecular weight is 204 g/mol. The molecule has 0 bridgehead atoms. The van der Waals surface area contributed by atoms with Crippen LogP contribution in [0.3, 0.4) is 0 Å². The van der Waals surface area contributed by atoms with Gasteiger partial charge in [0.2, 0.25) is 0 Å². The van der Waals surface area contributed by atoms with E-state index in [2.05, 4.69) is 29.8 Å². The highest BCUT2D eigenvalue weighted by molar-refractivity contribution is 8.00. The molecular formula is C3H9O4PS2. The molecule has 0 heterocycles. The Kier molecular flexibility index (Phi) is 3.75. The lowest BCUT2D eigenvalue weighted by Gasteiger charge is -2.20. The molecule has 0 unspecified atom stereocenters. The van der Waals surface area contributed by atoms with Crippen molar-refractivity contribution in [2.24, 2.45) is 0 Å². The maximum atomic E-state index is 10.2. The van der Waals surface area contributed by atoms with Gasteiger partial charge in [0.05, 0.1) is 0 Å². The SMILES string of the molecule is CCC(S)(S)OP(=O)(O)O. The Morgan fingerprint density at radius 1 is 1.60 bits per heavy atom. The highest BCUT2D eigenvalue weighted by atomic mass is 32.2. The van der Waals surface area contributed by atoms with Crippen molar-refractivity contribution in [2.75, 3.05) is 0 Å². The first-order valence-electron chi connectivity index (χ1n) is 2.48. The van der Waals surface area contributed by atoms with Gasteiger partial charge in [-0.3, -0.25) is 4.52 Å². The minimum Gasteiger partial charge on any atom is -0.303 e. The molecule has 0 saturated carbocycles. The fraction of sp³-hybridized carbons (Fsp3) is 1.00. The van der Waals surface area contributed by atoms with E-state index in [0.717, 1.165) is 0 Å². The Morgan fingerprint density at radius 3 is 2.10 bits per heavy atom. The standard InChI is InChI=1S/C3H9O4PS2/c1-2-3(9,10)7-8(4,5)6/h9-10H,2H2,1H3,(H2,4,5,6). The average Bonchev–Trinajstić information content (AvgIpc) is 1.60. The van der Waals surface area contributed by atoms with Crippen LogP contribution in [0.5, 0.6) is 0 Å². The van der Waals surface area contributed by atoms with Gasteiger partial charge >= 0.3 is 7.82 Å². The molecule has 4 nitrogen and oxygen atoms in total. The molecule has 62 valence electrons. The zero-order valence-corrected chi connectivity index (χ0v) is 7.94. The van der Waals surface area contributed by atoms with E-state index in [1.54, 1.807) is 6.92 Å². The van der Waals surface area contributed by atoms with Crippen LogP contribution < -0.4 is 0 Å². The molecule has 0 amide bonds. The first kappa shape index (κ1) is 10.8. The molecule has 0 aromatic carbocycles. The quantitative estimate of drug-likeness (QED) is 0.315. The van der Waals surface area contributed by atoms with Crippen molar-refractivity contribution in [3.05, 3.63) is 0 Å². The van der Waals surface area contributed by atoms with Gasteiger partial charge in [0.25, 0.3) is 0 Å². The summed E-state index contributed by atoms with van der Waals surface area (Å²) < 4.78 is 13.0. The van der Waals surface area contributed by atoms with Gasteiger partial charge in [-0.05, 0) is 6.42 Å². The van der Waals surface area contributed by atoms with E-state index < -0.39 is 12.1 Å². The zero-order chi connectivity index (χ0) is 8.41. The van der Waals surface area contributed by atoms with Crippen molar-refractivity contribution in [3.63, 3.8) is 0 Å². The van der Waals surface area contributed by atoms with Crippen LogP contribution >= 0.6 is 33.1 Å². The first-order valence-corrected chi connectivity index (χ1v) is 4.90. The summed E-state index contributed by atoms with van der Waals surface area (Å²) in [6, 6.07) is 0. The van der Waals surface area contributed by atoms with E-state index in [1.165, 1.54) is 0 Å². The topological polar surface area (TPSA) is 66.8 Å². The van der Waals surface area contributed by atoms with E-state index in [-0.39, 0.29) is 0 Å². The molecule has 0 aliphatic carbocycles. The van der Waals surface area contributed by atoms with Crippen LogP contribution in [-0.2, 0) is 9.09 Å². The van der Waals surface area contributed by atoms with Crippen LogP contribution in [0.15, 0.2) is 0 Å². The van der Waals surface area contributed by atoms with E-state index in [9.17, 15) is 4.57 Å². The maximum absolute atomic E-state index is 10.2. The molecule has 0 aromatic heterocycles. The van der Waals surface area contributed by atoms with Gasteiger partial charge in [0, 0.05) is 0 Å². The molecule has 0 saturated heterocycles. The van der Waals surface area contributed by atoms with Gasteiger partial charge in [-0.15, -0.1) is 25.3 Å². The van der Waals surface area contributed by atoms with Crippen LogP contribution in [0.1, 0.15) is 13.3 Å². The second-order valence-corrected chi connectivity index (χ2v) is 4.64. The van der Waals surface area contributed by atoms with Gasteiger partial charge in [0.15, 0.2) is 4.27 Å². The molecule has 0 aliphatic heterocycles. The maximum Gasteiger partial charge on any atom is 0.471 e. The Bertz CT molecular complexity index is 153. The number of hydrogen-bond donors (Lipinski definition) is 4. The number of thiol groups is 2. The Morgan fingerprint density at radius 2 is 2.00 bits per heavy atom. The smallest absolute Gasteiger partial charge is 0.303 e. The third-order valence-corrected chi connectivity index (χ3v) is 2.38. The van der Waals surface area contributed by atoms with Gasteiger partial charge in [0.1, 0.15) is 0 Å². The fourth-order valence-electron chi connectivity index (χ4n) is 0.255. The van der Waals surface area contributed by atoms with E-state index in [0.29, 0.717) is 6.42 Å². The second-order valence-electron chi connectivity index (χ2n) is 1.68. The molecule has 0 atom stereocenters. The molecule has 10 heavy (non-hydrogen) atoms. The van der Waals surface area contributed by atoms with E-state index in [1.807, 2.05) is 0 Å². The highest BCUT2D eigenvalue weighted by Crippen LogP contribution is 2.45. The second kappa shape index (κ2) is 3.47. The number of phosphoric acid groups is 1. The summed E-state index contributed by atoms with van der Waals surface area (Å²) in [7, 11) is -4.46. The summed E-state index contributed by atoms with van der Waals surface area (Å²) >= 11 is 7.46. The Hall–Kier alpha value is 0.810. The van der Waals surface area contributed by atoms with Gasteiger partial charge in [-0.1, -0.05) is 6.92 Å². The number of hydrogen-bond acceptors (Lipinski definition) is 4. The summed E-state index contributed by atoms with van der Waals surface area (Å²) in [5.74, 6) is 0. The predicted octanol–water partition coefficient (Wildman–Crippen LogP) is 1.02. The third-order valence-electron chi connectivity index (χ3n) is 0.726. The molecule has 0 spiro atoms. The van der Waals surface area contributed by atoms with Crippen LogP contribution in [0, 0.1) is 0 Å². The molecule has 7 heteroatoms. The molecule has 2 N–H and O–H groups in total. The summed E-state index contributed by atoms with van der Waals surface area (Å²) in [5.41, 5.74) is 0. The van der Waals surface area contributed by atoms with Crippen LogP contribution in [0.2, 0.25) is 0 Å². The number of phosphoric ester groups is 1. The van der Waals surface area contributed by atoms with Crippen LogP contribution in [0.25, 0.3) is 0 Å². The zero-order valence-electron chi connectivity index (χ0n) is 5.26.